The van der Waals surface area contributed by atoms with Gasteiger partial charge in [0.2, 0.25) is 0 Å². The van der Waals surface area contributed by atoms with Crippen LogP contribution in [0.4, 0.5) is 4.39 Å². The van der Waals surface area contributed by atoms with E-state index in [4.69, 9.17) is 0 Å². The maximum atomic E-state index is 12.8. The summed E-state index contributed by atoms with van der Waals surface area (Å²) in [5.41, 5.74) is 1.76. The van der Waals surface area contributed by atoms with E-state index in [0.29, 0.717) is 12.1 Å². The van der Waals surface area contributed by atoms with Gasteiger partial charge in [-0.25, -0.2) is 4.39 Å². The summed E-state index contributed by atoms with van der Waals surface area (Å²) in [5, 5.41) is 13.2. The Bertz CT molecular complexity index is 501. The smallest absolute Gasteiger partial charge is 0.123 e. The van der Waals surface area contributed by atoms with Gasteiger partial charge in [0.1, 0.15) is 5.82 Å². The molecule has 0 saturated carbocycles. The molecule has 0 saturated heterocycles. The zero-order valence-electron chi connectivity index (χ0n) is 10.8. The number of aromatic nitrogens is 1. The van der Waals surface area contributed by atoms with Crippen molar-refractivity contribution < 1.29 is 9.50 Å². The van der Waals surface area contributed by atoms with Crippen molar-refractivity contribution >= 4 is 0 Å². The van der Waals surface area contributed by atoms with Gasteiger partial charge in [0.15, 0.2) is 0 Å². The molecular weight excluding hydrogens is 243 g/mol. The van der Waals surface area contributed by atoms with Crippen molar-refractivity contribution in [1.82, 2.24) is 10.3 Å². The van der Waals surface area contributed by atoms with Crippen molar-refractivity contribution in [2.24, 2.45) is 0 Å². The van der Waals surface area contributed by atoms with Crippen LogP contribution in [-0.4, -0.2) is 16.6 Å². The fourth-order valence-corrected chi connectivity index (χ4v) is 1.84. The molecule has 1 heterocycles. The Balaban J connectivity index is 1.90. The van der Waals surface area contributed by atoms with Crippen LogP contribution in [0.1, 0.15) is 30.2 Å². The average molecular weight is 260 g/mol. The summed E-state index contributed by atoms with van der Waals surface area (Å²) in [6.45, 7) is 2.41. The second-order valence-corrected chi connectivity index (χ2v) is 4.48. The molecule has 2 rings (SSSR count). The van der Waals surface area contributed by atoms with Crippen LogP contribution in [0.5, 0.6) is 0 Å². The number of nitrogens with zero attached hydrogens (tertiary/aromatic N) is 1. The molecule has 3 nitrogen and oxygen atoms in total. The molecule has 4 heteroatoms. The van der Waals surface area contributed by atoms with Crippen LogP contribution >= 0.6 is 0 Å². The maximum Gasteiger partial charge on any atom is 0.123 e. The van der Waals surface area contributed by atoms with E-state index in [1.807, 2.05) is 19.1 Å². The van der Waals surface area contributed by atoms with Crippen molar-refractivity contribution in [3.8, 4) is 0 Å². The van der Waals surface area contributed by atoms with Gasteiger partial charge >= 0.3 is 0 Å². The molecule has 2 N–H and O–H groups in total. The molecule has 19 heavy (non-hydrogen) atoms. The third-order valence-corrected chi connectivity index (χ3v) is 3.06. The summed E-state index contributed by atoms with van der Waals surface area (Å²) < 4.78 is 12.8. The minimum atomic E-state index is -0.653. The van der Waals surface area contributed by atoms with E-state index in [1.54, 1.807) is 24.5 Å². The van der Waals surface area contributed by atoms with E-state index in [1.165, 1.54) is 12.1 Å². The highest BCUT2D eigenvalue weighted by molar-refractivity contribution is 5.19. The molecule has 1 aromatic heterocycles. The number of hydrogen-bond acceptors (Lipinski definition) is 3. The lowest BCUT2D eigenvalue weighted by atomic mass is 10.1. The fourth-order valence-electron chi connectivity index (χ4n) is 1.84. The van der Waals surface area contributed by atoms with Gasteiger partial charge in [-0.3, -0.25) is 4.98 Å². The number of pyridine rings is 1. The highest BCUT2D eigenvalue weighted by atomic mass is 19.1. The molecule has 2 aromatic rings. The summed E-state index contributed by atoms with van der Waals surface area (Å²) in [4.78, 5) is 4.06. The third kappa shape index (κ3) is 3.84. The predicted octanol–water partition coefficient (Wildman–Crippen LogP) is 2.60. The van der Waals surface area contributed by atoms with E-state index >= 15 is 0 Å². The van der Waals surface area contributed by atoms with Gasteiger partial charge in [-0.15, -0.1) is 0 Å². The fraction of sp³-hybridized carbons (Fsp3) is 0.267. The molecule has 100 valence electrons. The van der Waals surface area contributed by atoms with Crippen molar-refractivity contribution in [2.45, 2.75) is 19.1 Å². The second-order valence-electron chi connectivity index (χ2n) is 4.48. The van der Waals surface area contributed by atoms with Crippen molar-refractivity contribution in [1.29, 1.82) is 0 Å². The topological polar surface area (TPSA) is 45.1 Å². The molecule has 2 unspecified atom stereocenters. The van der Waals surface area contributed by atoms with E-state index < -0.39 is 6.10 Å². The van der Waals surface area contributed by atoms with Gasteiger partial charge in [-0.1, -0.05) is 18.2 Å². The lowest BCUT2D eigenvalue weighted by Gasteiger charge is -2.17. The number of benzene rings is 1. The number of aliphatic hydroxyl groups excluding tert-OH is 1. The molecule has 2 atom stereocenters. The highest BCUT2D eigenvalue weighted by Crippen LogP contribution is 2.15. The van der Waals surface area contributed by atoms with Crippen LogP contribution < -0.4 is 5.32 Å². The van der Waals surface area contributed by atoms with Crippen LogP contribution in [0.2, 0.25) is 0 Å². The third-order valence-electron chi connectivity index (χ3n) is 3.06. The molecule has 0 amide bonds. The Morgan fingerprint density at radius 1 is 1.21 bits per heavy atom. The molecule has 0 fully saturated rings. The average Bonchev–Trinajstić information content (AvgIpc) is 2.46. The number of halogens is 1. The van der Waals surface area contributed by atoms with Crippen LogP contribution in [0.15, 0.2) is 48.8 Å². The van der Waals surface area contributed by atoms with E-state index in [9.17, 15) is 9.50 Å². The minimum absolute atomic E-state index is 0.101. The largest absolute Gasteiger partial charge is 0.387 e. The van der Waals surface area contributed by atoms with Gasteiger partial charge in [0.25, 0.3) is 0 Å². The Hall–Kier alpha value is -1.78. The second kappa shape index (κ2) is 6.41. The quantitative estimate of drug-likeness (QED) is 0.868. The molecule has 0 radical (unpaired) electrons. The summed E-state index contributed by atoms with van der Waals surface area (Å²) in [6, 6.07) is 9.85. The van der Waals surface area contributed by atoms with Gasteiger partial charge in [0, 0.05) is 25.0 Å². The van der Waals surface area contributed by atoms with Gasteiger partial charge in [-0.05, 0) is 36.2 Å². The first-order valence-electron chi connectivity index (χ1n) is 6.23. The Labute approximate surface area is 112 Å². The first kappa shape index (κ1) is 13.6. The standard InChI is InChI=1S/C15H17FN2O/c1-11(13-3-2-8-17-9-13)18-10-15(19)12-4-6-14(16)7-5-12/h2-9,11,15,18-19H,10H2,1H3. The maximum absolute atomic E-state index is 12.8. The van der Waals surface area contributed by atoms with Gasteiger partial charge < -0.3 is 10.4 Å². The van der Waals surface area contributed by atoms with Crippen LogP contribution in [-0.2, 0) is 0 Å². The molecule has 0 bridgehead atoms. The van der Waals surface area contributed by atoms with Gasteiger partial charge in [-0.2, -0.15) is 0 Å². The summed E-state index contributed by atoms with van der Waals surface area (Å²) in [5.74, 6) is -0.298. The number of rotatable bonds is 5. The predicted molar refractivity (Wildman–Crippen MR) is 72.0 cm³/mol. The van der Waals surface area contributed by atoms with Crippen LogP contribution in [0, 0.1) is 5.82 Å². The number of hydrogen-bond donors (Lipinski definition) is 2. The zero-order chi connectivity index (χ0) is 13.7. The molecule has 0 spiro atoms. The summed E-state index contributed by atoms with van der Waals surface area (Å²) >= 11 is 0. The summed E-state index contributed by atoms with van der Waals surface area (Å²) in [6.07, 6.45) is 2.87. The first-order valence-corrected chi connectivity index (χ1v) is 6.23. The van der Waals surface area contributed by atoms with E-state index in [2.05, 4.69) is 10.3 Å². The number of aliphatic hydroxyl groups is 1. The number of nitrogens with one attached hydrogen (secondary N) is 1. The van der Waals surface area contributed by atoms with Crippen molar-refractivity contribution in [3.63, 3.8) is 0 Å². The minimum Gasteiger partial charge on any atom is -0.387 e. The molecule has 1 aromatic carbocycles. The van der Waals surface area contributed by atoms with Crippen LogP contribution in [0.25, 0.3) is 0 Å². The Morgan fingerprint density at radius 3 is 2.58 bits per heavy atom. The molecule has 0 aliphatic heterocycles. The SMILES string of the molecule is CC(NCC(O)c1ccc(F)cc1)c1cccnc1. The lowest BCUT2D eigenvalue weighted by Crippen LogP contribution is -2.24. The Kier molecular flexibility index (Phi) is 4.60. The molecular formula is C15H17FN2O. The van der Waals surface area contributed by atoms with Gasteiger partial charge in [0.05, 0.1) is 6.10 Å². The van der Waals surface area contributed by atoms with E-state index in [0.717, 1.165) is 5.56 Å². The van der Waals surface area contributed by atoms with Crippen LogP contribution in [0.3, 0.4) is 0 Å². The summed E-state index contributed by atoms with van der Waals surface area (Å²) in [7, 11) is 0. The monoisotopic (exact) mass is 260 g/mol. The van der Waals surface area contributed by atoms with E-state index in [-0.39, 0.29) is 11.9 Å². The normalized spacial score (nSPS) is 14.1. The highest BCUT2D eigenvalue weighted by Gasteiger charge is 2.10. The zero-order valence-corrected chi connectivity index (χ0v) is 10.8. The molecule has 0 aliphatic rings. The van der Waals surface area contributed by atoms with Crippen molar-refractivity contribution in [2.75, 3.05) is 6.54 Å². The molecule has 0 aliphatic carbocycles. The Morgan fingerprint density at radius 2 is 1.95 bits per heavy atom. The first-order chi connectivity index (χ1) is 9.16. The lowest BCUT2D eigenvalue weighted by molar-refractivity contribution is 0.170. The van der Waals surface area contributed by atoms with Crippen molar-refractivity contribution in [3.05, 3.63) is 65.7 Å².